The standard InChI is InChI=1S/C48H40N4O3.C39H39N5O2/c53-47(51-43(27-35-26-25-32-14-5-7-20-37(32)35)46-49-29-45(50-46)33-15-2-1-3-16-33)44(28-34-18-12-17-31-13-4-6-19-36(31)34)52-48(54)55-30-42-40-23-10-8-21-38(40)39-22-9-11-24-41(39)42;45-38(29-19-21-40-22-20-29)44-35(24-30-14-8-13-26-9-4-6-15-32(26)30)39(46)43-34(23-31-18-17-27-10-5-7-16-33(27)31)37-41-25-36(42-37)28-11-2-1-3-12-28/h1-24,26,29,42-44H,25,27-28,30H2,(H,49,50)(H,51,53)(H,52,54);1-16,18,25,29,34-35,40H,17,19-24H2,(H,41,42)(H,43,46)(H,44,45)/t43-,44-;34-,35-/m11/s1. The monoisotopic (exact) mass is 1330 g/mol. The minimum Gasteiger partial charge on any atom is -0.449 e. The molecular weight excluding hydrogens is 1250 g/mol. The molecule has 14 heteroatoms. The van der Waals surface area contributed by atoms with Gasteiger partial charge < -0.3 is 41.3 Å². The Morgan fingerprint density at radius 3 is 1.37 bits per heavy atom. The van der Waals surface area contributed by atoms with Gasteiger partial charge in [-0.25, -0.2) is 14.8 Å². The maximum Gasteiger partial charge on any atom is 0.407 e. The number of H-pyrrole nitrogens is 2. The van der Waals surface area contributed by atoms with Crippen molar-refractivity contribution in [3.8, 4) is 33.6 Å². The Morgan fingerprint density at radius 2 is 0.861 bits per heavy atom. The Balaban J connectivity index is 0.000000166. The number of piperidine rings is 1. The summed E-state index contributed by atoms with van der Waals surface area (Å²) in [6, 6.07) is 79.2. The summed E-state index contributed by atoms with van der Waals surface area (Å²) in [6.07, 6.45) is 12.5. The molecular formula is C87H79N9O5. The second-order valence-electron chi connectivity index (χ2n) is 26.6. The third kappa shape index (κ3) is 14.7. The molecule has 0 unspecified atom stereocenters. The molecule has 10 aromatic carbocycles. The first kappa shape index (κ1) is 65.2. The first-order chi connectivity index (χ1) is 49.7. The van der Waals surface area contributed by atoms with Gasteiger partial charge in [-0.15, -0.1) is 0 Å². The summed E-state index contributed by atoms with van der Waals surface area (Å²) in [7, 11) is 0. The number of benzene rings is 10. The molecule has 7 N–H and O–H groups in total. The van der Waals surface area contributed by atoms with Crippen LogP contribution in [0, 0.1) is 5.92 Å². The predicted molar refractivity (Wildman–Crippen MR) is 400 cm³/mol. The molecule has 16 rings (SSSR count). The molecule has 4 amide bonds. The lowest BCUT2D eigenvalue weighted by Gasteiger charge is -2.27. The fourth-order valence-corrected chi connectivity index (χ4v) is 15.0. The summed E-state index contributed by atoms with van der Waals surface area (Å²) < 4.78 is 5.98. The highest BCUT2D eigenvalue weighted by Crippen LogP contribution is 2.45. The lowest BCUT2D eigenvalue weighted by molar-refractivity contribution is -0.132. The number of rotatable bonds is 21. The number of nitrogens with one attached hydrogen (secondary N) is 7. The van der Waals surface area contributed by atoms with Crippen molar-refractivity contribution in [1.29, 1.82) is 0 Å². The van der Waals surface area contributed by atoms with Gasteiger partial charge in [0.05, 0.1) is 35.9 Å². The van der Waals surface area contributed by atoms with E-state index in [0.717, 1.165) is 122 Å². The second-order valence-corrected chi connectivity index (χ2v) is 26.6. The lowest BCUT2D eigenvalue weighted by Crippen LogP contribution is -2.51. The minimum absolute atomic E-state index is 0.0600. The number of aromatic nitrogens is 4. The van der Waals surface area contributed by atoms with Crippen LogP contribution in [0.15, 0.2) is 267 Å². The number of nitrogens with zero attached hydrogens (tertiary/aromatic N) is 2. The van der Waals surface area contributed by atoms with E-state index in [-0.39, 0.29) is 42.6 Å². The normalized spacial score (nSPS) is 14.9. The molecule has 0 saturated carbocycles. The number of aromatic amines is 2. The van der Waals surface area contributed by atoms with E-state index < -0.39 is 30.3 Å². The summed E-state index contributed by atoms with van der Waals surface area (Å²) in [4.78, 5) is 72.9. The van der Waals surface area contributed by atoms with Gasteiger partial charge in [0.25, 0.3) is 0 Å². The maximum atomic E-state index is 14.6. The summed E-state index contributed by atoms with van der Waals surface area (Å²) in [5.74, 6) is 0.510. The molecule has 0 radical (unpaired) electrons. The zero-order valence-corrected chi connectivity index (χ0v) is 56.1. The molecule has 0 bridgehead atoms. The van der Waals surface area contributed by atoms with E-state index in [1.54, 1.807) is 0 Å². The van der Waals surface area contributed by atoms with Crippen LogP contribution in [0.3, 0.4) is 0 Å². The number of carbonyl (C=O) groups is 4. The SMILES string of the molecule is O=C(N[C@H](Cc1cccc2ccccc12)C(=O)N[C@H](CC1=CCc2ccccc21)c1ncc(-c2ccccc2)[nH]1)C1CCNCC1.O=C(N[C@H](Cc1cccc2ccccc12)C(=O)N[C@H](CC1=CCc2ccccc21)c1ncc(-c2ccccc2)[nH]1)OCC1c2ccccc2-c2ccccc21. The van der Waals surface area contributed by atoms with Gasteiger partial charge in [0, 0.05) is 37.5 Å². The molecule has 4 atom stereocenters. The Labute approximate surface area is 587 Å². The number of hydrogen-bond acceptors (Lipinski definition) is 8. The van der Waals surface area contributed by atoms with E-state index in [0.29, 0.717) is 30.9 Å². The molecule has 1 aliphatic heterocycles. The number of hydrogen-bond donors (Lipinski definition) is 7. The largest absolute Gasteiger partial charge is 0.449 e. The molecule has 14 nitrogen and oxygen atoms in total. The average Bonchev–Trinajstić information content (AvgIpc) is 1.62. The van der Waals surface area contributed by atoms with Gasteiger partial charge in [-0.1, -0.05) is 255 Å². The molecule has 502 valence electrons. The quantitative estimate of drug-likeness (QED) is 0.0369. The Bertz CT molecular complexity index is 5000. The van der Waals surface area contributed by atoms with E-state index in [9.17, 15) is 19.2 Å². The summed E-state index contributed by atoms with van der Waals surface area (Å²) in [5, 5.41) is 20.4. The van der Waals surface area contributed by atoms with Gasteiger partial charge in [0.2, 0.25) is 17.7 Å². The smallest absolute Gasteiger partial charge is 0.407 e. The first-order valence-electron chi connectivity index (χ1n) is 35.1. The van der Waals surface area contributed by atoms with Gasteiger partial charge in [0.15, 0.2) is 0 Å². The highest BCUT2D eigenvalue weighted by molar-refractivity contribution is 5.93. The van der Waals surface area contributed by atoms with Crippen molar-refractivity contribution in [1.82, 2.24) is 46.5 Å². The zero-order valence-electron chi connectivity index (χ0n) is 56.1. The Kier molecular flexibility index (Phi) is 19.5. The number of fused-ring (bicyclic) bond motifs is 7. The lowest BCUT2D eigenvalue weighted by atomic mass is 9.94. The molecule has 0 spiro atoms. The molecule has 3 heterocycles. The highest BCUT2D eigenvalue weighted by atomic mass is 16.5. The van der Waals surface area contributed by atoms with Crippen LogP contribution in [0.2, 0.25) is 0 Å². The third-order valence-electron chi connectivity index (χ3n) is 20.3. The molecule has 1 saturated heterocycles. The van der Waals surface area contributed by atoms with Crippen LogP contribution in [-0.4, -0.2) is 75.5 Å². The predicted octanol–water partition coefficient (Wildman–Crippen LogP) is 15.7. The summed E-state index contributed by atoms with van der Waals surface area (Å²) >= 11 is 0. The van der Waals surface area contributed by atoms with Gasteiger partial charge >= 0.3 is 6.09 Å². The number of allylic oxidation sites excluding steroid dienone is 2. The van der Waals surface area contributed by atoms with Crippen LogP contribution in [0.5, 0.6) is 0 Å². The number of alkyl carbamates (subject to hydrolysis) is 1. The average molecular weight is 1330 g/mol. The van der Waals surface area contributed by atoms with Crippen molar-refractivity contribution in [2.24, 2.45) is 5.92 Å². The van der Waals surface area contributed by atoms with Crippen molar-refractivity contribution in [3.63, 3.8) is 0 Å². The number of amides is 4. The van der Waals surface area contributed by atoms with E-state index in [1.165, 1.54) is 27.8 Å². The fourth-order valence-electron chi connectivity index (χ4n) is 15.0. The number of ether oxygens (including phenoxy) is 1. The van der Waals surface area contributed by atoms with Crippen LogP contribution in [0.25, 0.3) is 66.3 Å². The maximum absolute atomic E-state index is 14.6. The van der Waals surface area contributed by atoms with Crippen molar-refractivity contribution in [2.75, 3.05) is 19.7 Å². The molecule has 4 aliphatic rings. The van der Waals surface area contributed by atoms with Gasteiger partial charge in [-0.05, 0) is 138 Å². The van der Waals surface area contributed by atoms with E-state index in [1.807, 2.05) is 152 Å². The van der Waals surface area contributed by atoms with Gasteiger partial charge in [0.1, 0.15) is 30.3 Å². The van der Waals surface area contributed by atoms with E-state index >= 15 is 0 Å². The van der Waals surface area contributed by atoms with Crippen LogP contribution in [-0.2, 0) is 44.8 Å². The van der Waals surface area contributed by atoms with E-state index in [2.05, 4.69) is 152 Å². The van der Waals surface area contributed by atoms with Crippen molar-refractivity contribution in [2.45, 2.75) is 81.5 Å². The summed E-state index contributed by atoms with van der Waals surface area (Å²) in [5.41, 5.74) is 17.6. The van der Waals surface area contributed by atoms with Crippen molar-refractivity contribution < 1.29 is 23.9 Å². The van der Waals surface area contributed by atoms with Crippen molar-refractivity contribution in [3.05, 3.63) is 323 Å². The van der Waals surface area contributed by atoms with Crippen molar-refractivity contribution >= 4 is 56.5 Å². The molecule has 2 aromatic heterocycles. The van der Waals surface area contributed by atoms with Crippen LogP contribution in [0.4, 0.5) is 4.79 Å². The fraction of sp³-hybridized carbons (Fsp3) is 0.195. The topological polar surface area (TPSA) is 195 Å². The molecule has 101 heavy (non-hydrogen) atoms. The number of carbonyl (C=O) groups excluding carboxylic acids is 4. The zero-order chi connectivity index (χ0) is 68.4. The van der Waals surface area contributed by atoms with E-state index in [4.69, 9.17) is 14.7 Å². The Morgan fingerprint density at radius 1 is 0.436 bits per heavy atom. The third-order valence-corrected chi connectivity index (χ3v) is 20.3. The van der Waals surface area contributed by atoms with Crippen LogP contribution < -0.4 is 26.6 Å². The second kappa shape index (κ2) is 30.2. The molecule has 3 aliphatic carbocycles. The first-order valence-corrected chi connectivity index (χ1v) is 35.1. The molecule has 1 fully saturated rings. The summed E-state index contributed by atoms with van der Waals surface area (Å²) in [6.45, 7) is 1.76. The number of imidazole rings is 2. The van der Waals surface area contributed by atoms with Crippen LogP contribution in [0.1, 0.15) is 99.8 Å². The van der Waals surface area contributed by atoms with Gasteiger partial charge in [-0.3, -0.25) is 14.4 Å². The molecule has 12 aromatic rings. The highest BCUT2D eigenvalue weighted by Gasteiger charge is 2.34. The van der Waals surface area contributed by atoms with Gasteiger partial charge in [-0.2, -0.15) is 0 Å². The minimum atomic E-state index is -0.933. The van der Waals surface area contributed by atoms with Crippen LogP contribution >= 0.6 is 0 Å². The Hall–Kier alpha value is -11.7.